The number of nitrogens with zero attached hydrogens (tertiary/aromatic N) is 2. The number of allylic oxidation sites excluding steroid dienone is 5. The third-order valence-corrected chi connectivity index (χ3v) is 9.02. The zero-order chi connectivity index (χ0) is 34.0. The van der Waals surface area contributed by atoms with Gasteiger partial charge in [0.05, 0.1) is 23.1 Å². The molecule has 46 heavy (non-hydrogen) atoms. The topological polar surface area (TPSA) is 64.8 Å². The Bertz CT molecular complexity index is 1730. The maximum absolute atomic E-state index is 13.6. The number of ether oxygens (including phenoxy) is 2. The van der Waals surface area contributed by atoms with E-state index in [9.17, 15) is 36.2 Å². The van der Waals surface area contributed by atoms with Gasteiger partial charge in [0.2, 0.25) is 5.69 Å². The van der Waals surface area contributed by atoms with Crippen LogP contribution in [0.25, 0.3) is 0 Å². The fourth-order valence-electron chi connectivity index (χ4n) is 6.44. The normalized spacial score (nSPS) is 20.6. The highest BCUT2D eigenvalue weighted by Crippen LogP contribution is 2.50. The van der Waals surface area contributed by atoms with Crippen LogP contribution >= 0.6 is 0 Å². The van der Waals surface area contributed by atoms with Crippen molar-refractivity contribution < 1.29 is 50.3 Å². The molecule has 0 spiro atoms. The fraction of sp³-hybridized carbons (Fsp3) is 0.412. The van der Waals surface area contributed by atoms with E-state index in [1.165, 1.54) is 38.5 Å². The standard InChI is InChI=1S/C34H34F6N2O4/c1-31(2)23-15-19(33(35,36)37)7-9-25(23)41(11-13-45-5)27(31)17-21-29(43)22(30(21)44)18-28-32(3,4)24-16-20(34(38,39)40)8-10-26(24)42(28)12-14-46-6/h7-10,15-18H,11-14H2,1-6H3. The van der Waals surface area contributed by atoms with Crippen molar-refractivity contribution >= 4 is 22.9 Å². The van der Waals surface area contributed by atoms with E-state index in [1.54, 1.807) is 37.2 Å². The van der Waals surface area contributed by atoms with E-state index in [-0.39, 0.29) is 37.4 Å². The molecular weight excluding hydrogens is 614 g/mol. The molecule has 2 heterocycles. The molecule has 1 aliphatic carbocycles. The predicted molar refractivity (Wildman–Crippen MR) is 158 cm³/mol. The van der Waals surface area contributed by atoms with Gasteiger partial charge in [0.15, 0.2) is 18.0 Å². The fourth-order valence-corrected chi connectivity index (χ4v) is 6.44. The summed E-state index contributed by atoms with van der Waals surface area (Å²) in [5.74, 6) is -1.12. The van der Waals surface area contributed by atoms with E-state index in [0.29, 0.717) is 33.9 Å². The second-order valence-corrected chi connectivity index (χ2v) is 12.5. The minimum absolute atomic E-state index is 0.127. The number of hydrogen-bond donors (Lipinski definition) is 0. The number of Topliss-reactive ketones (excluding diaryl/α,β-unsaturated/α-hetero) is 1. The van der Waals surface area contributed by atoms with Crippen molar-refractivity contribution in [1.29, 1.82) is 0 Å². The van der Waals surface area contributed by atoms with Crippen molar-refractivity contribution in [3.8, 4) is 0 Å². The van der Waals surface area contributed by atoms with Crippen molar-refractivity contribution in [3.63, 3.8) is 0 Å². The lowest BCUT2D eigenvalue weighted by Crippen LogP contribution is -2.35. The Hall–Kier alpha value is -3.90. The lowest BCUT2D eigenvalue weighted by atomic mass is 9.77. The summed E-state index contributed by atoms with van der Waals surface area (Å²) in [6, 6.07) is 6.93. The van der Waals surface area contributed by atoms with Crippen LogP contribution in [0.1, 0.15) is 49.9 Å². The number of ketones is 1. The molecule has 0 amide bonds. The highest BCUT2D eigenvalue weighted by atomic mass is 19.4. The number of anilines is 1. The van der Waals surface area contributed by atoms with Crippen molar-refractivity contribution in [1.82, 2.24) is 0 Å². The summed E-state index contributed by atoms with van der Waals surface area (Å²) in [4.78, 5) is 15.3. The molecule has 246 valence electrons. The molecule has 6 nitrogen and oxygen atoms in total. The largest absolute Gasteiger partial charge is 0.871 e. The molecule has 0 aromatic heterocycles. The molecule has 0 fully saturated rings. The summed E-state index contributed by atoms with van der Waals surface area (Å²) in [5.41, 5.74) is -1.08. The van der Waals surface area contributed by atoms with E-state index in [0.717, 1.165) is 24.3 Å². The zero-order valence-electron chi connectivity index (χ0n) is 26.2. The number of carbonyl (C=O) groups excluding carboxylic acids is 1. The number of fused-ring (bicyclic) bond motifs is 2. The van der Waals surface area contributed by atoms with E-state index in [2.05, 4.69) is 0 Å². The van der Waals surface area contributed by atoms with Gasteiger partial charge < -0.3 is 19.5 Å². The Kier molecular flexibility index (Phi) is 8.30. The first-order valence-corrected chi connectivity index (χ1v) is 14.6. The lowest BCUT2D eigenvalue weighted by Gasteiger charge is -2.33. The summed E-state index contributed by atoms with van der Waals surface area (Å²) in [7, 11) is 2.98. The lowest BCUT2D eigenvalue weighted by molar-refractivity contribution is -0.441. The van der Waals surface area contributed by atoms with Gasteiger partial charge in [0.25, 0.3) is 0 Å². The first kappa shape index (κ1) is 33.5. The summed E-state index contributed by atoms with van der Waals surface area (Å²) >= 11 is 0. The van der Waals surface area contributed by atoms with Gasteiger partial charge in [0.1, 0.15) is 6.61 Å². The Morgan fingerprint density at radius 2 is 1.43 bits per heavy atom. The van der Waals surface area contributed by atoms with Crippen molar-refractivity contribution in [2.24, 2.45) is 0 Å². The molecule has 3 aliphatic rings. The molecule has 0 unspecified atom stereocenters. The average molecular weight is 649 g/mol. The maximum atomic E-state index is 13.6. The van der Waals surface area contributed by atoms with Crippen LogP contribution in [0.4, 0.5) is 37.7 Å². The molecule has 12 heteroatoms. The zero-order valence-corrected chi connectivity index (χ0v) is 26.2. The van der Waals surface area contributed by atoms with Gasteiger partial charge in [-0.1, -0.05) is 19.6 Å². The number of hydrogen-bond acceptors (Lipinski definition) is 5. The van der Waals surface area contributed by atoms with Crippen molar-refractivity contribution in [2.45, 2.75) is 50.9 Å². The Labute approximate surface area is 262 Å². The van der Waals surface area contributed by atoms with Crippen LogP contribution in [0, 0.1) is 0 Å². The molecule has 2 aromatic carbocycles. The van der Waals surface area contributed by atoms with Crippen LogP contribution in [-0.2, 0) is 37.5 Å². The molecule has 2 aliphatic heterocycles. The summed E-state index contributed by atoms with van der Waals surface area (Å²) in [6.07, 6.45) is -6.25. The molecule has 0 N–H and O–H groups in total. The summed E-state index contributed by atoms with van der Waals surface area (Å²) < 4.78 is 93.8. The van der Waals surface area contributed by atoms with E-state index in [1.807, 2.05) is 0 Å². The van der Waals surface area contributed by atoms with Crippen LogP contribution in [-0.4, -0.2) is 56.6 Å². The smallest absolute Gasteiger partial charge is 0.416 e. The average Bonchev–Trinajstić information content (AvgIpc) is 3.32. The van der Waals surface area contributed by atoms with Crippen LogP contribution in [0.2, 0.25) is 0 Å². The van der Waals surface area contributed by atoms with Gasteiger partial charge >= 0.3 is 12.4 Å². The number of methoxy groups -OCH3 is 2. The summed E-state index contributed by atoms with van der Waals surface area (Å²) in [5, 5.41) is 13.6. The molecule has 0 atom stereocenters. The highest BCUT2D eigenvalue weighted by molar-refractivity contribution is 6.24. The van der Waals surface area contributed by atoms with Gasteiger partial charge in [-0.25, -0.2) is 0 Å². The maximum Gasteiger partial charge on any atom is 0.416 e. The van der Waals surface area contributed by atoms with Gasteiger partial charge in [-0.05, 0) is 55.8 Å². The number of benzene rings is 2. The highest BCUT2D eigenvalue weighted by Gasteiger charge is 2.48. The number of alkyl halides is 6. The predicted octanol–water partition coefficient (Wildman–Crippen LogP) is 6.20. The minimum atomic E-state index is -4.56. The molecule has 2 aromatic rings. The Morgan fingerprint density at radius 3 is 2.00 bits per heavy atom. The van der Waals surface area contributed by atoms with Crippen molar-refractivity contribution in [2.75, 3.05) is 45.4 Å². The Morgan fingerprint density at radius 1 is 0.848 bits per heavy atom. The van der Waals surface area contributed by atoms with Crippen LogP contribution in [0.3, 0.4) is 0 Å². The van der Waals surface area contributed by atoms with Gasteiger partial charge in [0, 0.05) is 66.4 Å². The number of rotatable bonds is 8. The van der Waals surface area contributed by atoms with Crippen LogP contribution in [0.5, 0.6) is 0 Å². The monoisotopic (exact) mass is 648 g/mol. The SMILES string of the molecule is COCCN1/C(=C\C2=C([O-])C(=CC3=[N+](CCOC)c4ccc(C(F)(F)F)cc4C3(C)C)C2=O)C(C)(C)c2cc(C(F)(F)F)ccc21. The van der Waals surface area contributed by atoms with E-state index in [4.69, 9.17) is 9.47 Å². The summed E-state index contributed by atoms with van der Waals surface area (Å²) in [6.45, 7) is 7.91. The molecule has 0 saturated heterocycles. The molecule has 0 saturated carbocycles. The Balaban J connectivity index is 1.59. The van der Waals surface area contributed by atoms with Gasteiger partial charge in [-0.3, -0.25) is 4.79 Å². The molecule has 0 radical (unpaired) electrons. The van der Waals surface area contributed by atoms with E-state index >= 15 is 0 Å². The van der Waals surface area contributed by atoms with Gasteiger partial charge in [-0.2, -0.15) is 30.9 Å². The molecule has 0 bridgehead atoms. The first-order chi connectivity index (χ1) is 21.3. The molecular formula is C34H34F6N2O4. The van der Waals surface area contributed by atoms with Crippen LogP contribution in [0.15, 0.2) is 71.2 Å². The molecule has 5 rings (SSSR count). The number of halogens is 6. The first-order valence-electron chi connectivity index (χ1n) is 14.6. The minimum Gasteiger partial charge on any atom is -0.871 e. The van der Waals surface area contributed by atoms with E-state index < -0.39 is 45.9 Å². The third-order valence-electron chi connectivity index (χ3n) is 9.02. The second kappa shape index (κ2) is 11.4. The second-order valence-electron chi connectivity index (χ2n) is 12.5. The van der Waals surface area contributed by atoms with Crippen LogP contribution < -0.4 is 10.0 Å². The van der Waals surface area contributed by atoms with Crippen molar-refractivity contribution in [3.05, 3.63) is 93.4 Å². The third kappa shape index (κ3) is 5.45. The van der Waals surface area contributed by atoms with Gasteiger partial charge in [-0.15, -0.1) is 0 Å². The number of carbonyl (C=O) groups is 1. The quantitative estimate of drug-likeness (QED) is 0.194.